The number of carbonyl (C=O) groups is 2. The molecule has 0 aliphatic carbocycles. The van der Waals surface area contributed by atoms with Gasteiger partial charge in [0.25, 0.3) is 5.91 Å². The molecule has 3 heterocycles. The summed E-state index contributed by atoms with van der Waals surface area (Å²) in [6.45, 7) is 1.25. The van der Waals surface area contributed by atoms with Gasteiger partial charge < -0.3 is 19.4 Å². The van der Waals surface area contributed by atoms with E-state index < -0.39 is 0 Å². The molecule has 0 atom stereocenters. The molecule has 1 aromatic carbocycles. The summed E-state index contributed by atoms with van der Waals surface area (Å²) < 4.78 is 12.6. The highest BCUT2D eigenvalue weighted by Gasteiger charge is 2.24. The first-order valence-electron chi connectivity index (χ1n) is 10.7. The minimum Gasteiger partial charge on any atom is -0.497 e. The zero-order chi connectivity index (χ0) is 22.5. The van der Waals surface area contributed by atoms with Crippen molar-refractivity contribution in [2.24, 2.45) is 7.05 Å². The van der Waals surface area contributed by atoms with E-state index in [9.17, 15) is 9.59 Å². The molecule has 3 aromatic rings. The average molecular weight is 438 g/mol. The van der Waals surface area contributed by atoms with Crippen LogP contribution in [0.3, 0.4) is 0 Å². The van der Waals surface area contributed by atoms with Crippen LogP contribution in [-0.2, 0) is 18.3 Å². The summed E-state index contributed by atoms with van der Waals surface area (Å²) in [6, 6.07) is 7.61. The molecule has 1 fully saturated rings. The maximum absolute atomic E-state index is 12.6. The van der Waals surface area contributed by atoms with E-state index >= 15 is 0 Å². The highest BCUT2D eigenvalue weighted by atomic mass is 16.5. The molecule has 1 saturated heterocycles. The van der Waals surface area contributed by atoms with Crippen molar-refractivity contribution < 1.29 is 18.7 Å². The Bertz CT molecular complexity index is 1060. The van der Waals surface area contributed by atoms with Crippen molar-refractivity contribution in [1.82, 2.24) is 25.0 Å². The third-order valence-electron chi connectivity index (χ3n) is 5.63. The fraction of sp³-hybridized carbons (Fsp3) is 0.391. The summed E-state index contributed by atoms with van der Waals surface area (Å²) in [6.07, 6.45) is 7.18. The van der Waals surface area contributed by atoms with Crippen LogP contribution in [0.25, 0.3) is 11.3 Å². The van der Waals surface area contributed by atoms with Gasteiger partial charge in [-0.25, -0.2) is 4.98 Å². The lowest BCUT2D eigenvalue weighted by molar-refractivity contribution is -0.132. The molecule has 32 heavy (non-hydrogen) atoms. The number of oxazole rings is 1. The minimum atomic E-state index is -0.126. The van der Waals surface area contributed by atoms with Gasteiger partial charge in [0, 0.05) is 50.8 Å². The molecule has 0 unspecified atom stereocenters. The van der Waals surface area contributed by atoms with Crippen LogP contribution in [0.15, 0.2) is 47.3 Å². The lowest BCUT2D eigenvalue weighted by atomic mass is 10.0. The number of rotatable bonds is 7. The molecular weight excluding hydrogens is 410 g/mol. The van der Waals surface area contributed by atoms with Crippen molar-refractivity contribution in [2.45, 2.75) is 31.7 Å². The number of likely N-dealkylation sites (tertiary alicyclic amines) is 1. The first-order chi connectivity index (χ1) is 15.5. The van der Waals surface area contributed by atoms with Gasteiger partial charge in [-0.1, -0.05) is 0 Å². The second-order valence-corrected chi connectivity index (χ2v) is 7.88. The molecule has 9 nitrogen and oxygen atoms in total. The molecule has 1 aliphatic heterocycles. The number of aryl methyl sites for hydroxylation is 2. The van der Waals surface area contributed by atoms with Crippen LogP contribution in [-0.4, -0.2) is 57.7 Å². The van der Waals surface area contributed by atoms with Crippen LogP contribution < -0.4 is 10.1 Å². The van der Waals surface area contributed by atoms with E-state index in [0.29, 0.717) is 43.1 Å². The molecule has 2 amide bonds. The van der Waals surface area contributed by atoms with Crippen molar-refractivity contribution >= 4 is 11.8 Å². The maximum atomic E-state index is 12.6. The molecule has 1 aliphatic rings. The summed E-state index contributed by atoms with van der Waals surface area (Å²) in [5.74, 6) is 1.94. The Morgan fingerprint density at radius 3 is 2.59 bits per heavy atom. The van der Waals surface area contributed by atoms with Crippen molar-refractivity contribution in [3.8, 4) is 17.1 Å². The van der Waals surface area contributed by atoms with Gasteiger partial charge in [-0.2, -0.15) is 5.10 Å². The zero-order valence-corrected chi connectivity index (χ0v) is 18.3. The van der Waals surface area contributed by atoms with E-state index in [2.05, 4.69) is 15.4 Å². The zero-order valence-electron chi connectivity index (χ0n) is 18.3. The predicted molar refractivity (Wildman–Crippen MR) is 117 cm³/mol. The molecule has 2 aromatic heterocycles. The molecular formula is C23H27N5O4. The average Bonchev–Trinajstić information content (AvgIpc) is 3.47. The van der Waals surface area contributed by atoms with Gasteiger partial charge >= 0.3 is 0 Å². The summed E-state index contributed by atoms with van der Waals surface area (Å²) >= 11 is 0. The molecule has 9 heteroatoms. The second kappa shape index (κ2) is 9.67. The third kappa shape index (κ3) is 5.16. The number of methoxy groups -OCH3 is 1. The van der Waals surface area contributed by atoms with Gasteiger partial charge in [0.2, 0.25) is 5.91 Å². The first-order valence-corrected chi connectivity index (χ1v) is 10.7. The van der Waals surface area contributed by atoms with Crippen LogP contribution in [0.4, 0.5) is 0 Å². The number of hydrogen-bond acceptors (Lipinski definition) is 6. The van der Waals surface area contributed by atoms with E-state index in [1.807, 2.05) is 29.2 Å². The fourth-order valence-corrected chi connectivity index (χ4v) is 3.77. The Balaban J connectivity index is 1.22. The fourth-order valence-electron chi connectivity index (χ4n) is 3.77. The number of piperidine rings is 1. The molecule has 0 spiro atoms. The van der Waals surface area contributed by atoms with E-state index in [4.69, 9.17) is 9.15 Å². The smallest absolute Gasteiger partial charge is 0.254 e. The minimum absolute atomic E-state index is 0.0607. The third-order valence-corrected chi connectivity index (χ3v) is 5.63. The van der Waals surface area contributed by atoms with Crippen LogP contribution in [0.1, 0.15) is 35.5 Å². The molecule has 0 saturated carbocycles. The maximum Gasteiger partial charge on any atom is 0.254 e. The van der Waals surface area contributed by atoms with Gasteiger partial charge in [-0.05, 0) is 37.1 Å². The first kappa shape index (κ1) is 21.6. The lowest BCUT2D eigenvalue weighted by Crippen LogP contribution is -2.46. The van der Waals surface area contributed by atoms with Crippen LogP contribution >= 0.6 is 0 Å². The summed E-state index contributed by atoms with van der Waals surface area (Å²) in [4.78, 5) is 31.0. The molecule has 1 N–H and O–H groups in total. The number of aromatic nitrogens is 3. The summed E-state index contributed by atoms with van der Waals surface area (Å²) in [5.41, 5.74) is 1.46. The SMILES string of the molecule is COc1ccc(-c2cnc(CCC(=O)N3CCC(NC(=O)c4cnn(C)c4)CC3)o2)cc1. The number of hydrogen-bond donors (Lipinski definition) is 1. The highest BCUT2D eigenvalue weighted by molar-refractivity contribution is 5.93. The molecule has 0 radical (unpaired) electrons. The van der Waals surface area contributed by atoms with E-state index in [0.717, 1.165) is 24.2 Å². The molecule has 0 bridgehead atoms. The van der Waals surface area contributed by atoms with Gasteiger partial charge in [0.15, 0.2) is 11.7 Å². The standard InChI is InChI=1S/C23H27N5O4/c1-27-15-17(13-25-27)23(30)26-18-9-11-28(12-10-18)22(29)8-7-21-24-14-20(32-21)16-3-5-19(31-2)6-4-16/h3-6,13-15,18H,7-12H2,1-2H3,(H,26,30). The normalized spacial score (nSPS) is 14.4. The second-order valence-electron chi connectivity index (χ2n) is 7.88. The number of nitrogens with one attached hydrogen (secondary N) is 1. The van der Waals surface area contributed by atoms with Crippen molar-refractivity contribution in [3.05, 3.63) is 54.3 Å². The molecule has 4 rings (SSSR count). The van der Waals surface area contributed by atoms with Crippen LogP contribution in [0, 0.1) is 0 Å². The molecule has 168 valence electrons. The largest absolute Gasteiger partial charge is 0.497 e. The quantitative estimate of drug-likeness (QED) is 0.609. The Kier molecular flexibility index (Phi) is 6.53. The van der Waals surface area contributed by atoms with Crippen molar-refractivity contribution in [2.75, 3.05) is 20.2 Å². The summed E-state index contributed by atoms with van der Waals surface area (Å²) in [5, 5.41) is 7.05. The number of ether oxygens (including phenoxy) is 1. The summed E-state index contributed by atoms with van der Waals surface area (Å²) in [7, 11) is 3.40. The van der Waals surface area contributed by atoms with Gasteiger partial charge in [-0.15, -0.1) is 0 Å². The van der Waals surface area contributed by atoms with Gasteiger partial charge in [-0.3, -0.25) is 14.3 Å². The number of carbonyl (C=O) groups excluding carboxylic acids is 2. The van der Waals surface area contributed by atoms with Crippen LogP contribution in [0.5, 0.6) is 5.75 Å². The van der Waals surface area contributed by atoms with E-state index in [1.165, 1.54) is 0 Å². The topological polar surface area (TPSA) is 102 Å². The van der Waals surface area contributed by atoms with Gasteiger partial charge in [0.1, 0.15) is 5.75 Å². The van der Waals surface area contributed by atoms with Crippen molar-refractivity contribution in [1.29, 1.82) is 0 Å². The highest BCUT2D eigenvalue weighted by Crippen LogP contribution is 2.23. The number of amides is 2. The van der Waals surface area contributed by atoms with E-state index in [-0.39, 0.29) is 17.9 Å². The van der Waals surface area contributed by atoms with Crippen LogP contribution in [0.2, 0.25) is 0 Å². The predicted octanol–water partition coefficient (Wildman–Crippen LogP) is 2.44. The van der Waals surface area contributed by atoms with Gasteiger partial charge in [0.05, 0.1) is 25.1 Å². The Labute approximate surface area is 186 Å². The lowest BCUT2D eigenvalue weighted by Gasteiger charge is -2.32. The van der Waals surface area contributed by atoms with E-state index in [1.54, 1.807) is 37.4 Å². The Hall–Kier alpha value is -3.62. The van der Waals surface area contributed by atoms with Crippen molar-refractivity contribution in [3.63, 3.8) is 0 Å². The number of benzene rings is 1. The number of nitrogens with zero attached hydrogens (tertiary/aromatic N) is 4. The Morgan fingerprint density at radius 2 is 1.94 bits per heavy atom. The monoisotopic (exact) mass is 437 g/mol. The Morgan fingerprint density at radius 1 is 1.19 bits per heavy atom.